The number of amides is 2. The lowest BCUT2D eigenvalue weighted by atomic mass is 9.90. The van der Waals surface area contributed by atoms with E-state index in [1.54, 1.807) is 55.4 Å². The zero-order chi connectivity index (χ0) is 20.1. The van der Waals surface area contributed by atoms with Crippen LogP contribution in [0.3, 0.4) is 0 Å². The maximum atomic E-state index is 13.7. The van der Waals surface area contributed by atoms with Gasteiger partial charge in [0.15, 0.2) is 0 Å². The summed E-state index contributed by atoms with van der Waals surface area (Å²) in [5, 5.41) is 2.68. The molecule has 0 spiro atoms. The van der Waals surface area contributed by atoms with Gasteiger partial charge in [-0.1, -0.05) is 18.2 Å². The van der Waals surface area contributed by atoms with E-state index in [4.69, 9.17) is 0 Å². The molecule has 8 heteroatoms. The standard InChI is InChI=1S/C20H24FN5O2/c1-20(2,17(27)24-14-15-6-3-4-7-16(15)21)18(28)25-10-12-26(13-11-25)19-22-8-5-9-23-19/h3-9H,10-14H2,1-2H3,(H,24,27). The first kappa shape index (κ1) is 19.7. The van der Waals surface area contributed by atoms with Gasteiger partial charge in [-0.15, -0.1) is 0 Å². The zero-order valence-corrected chi connectivity index (χ0v) is 16.1. The van der Waals surface area contributed by atoms with Gasteiger partial charge in [-0.2, -0.15) is 0 Å². The highest BCUT2D eigenvalue weighted by molar-refractivity contribution is 6.04. The monoisotopic (exact) mass is 385 g/mol. The summed E-state index contributed by atoms with van der Waals surface area (Å²) in [7, 11) is 0. The van der Waals surface area contributed by atoms with Gasteiger partial charge in [0, 0.05) is 50.7 Å². The van der Waals surface area contributed by atoms with Crippen molar-refractivity contribution in [3.63, 3.8) is 0 Å². The Balaban J connectivity index is 1.56. The molecule has 1 N–H and O–H groups in total. The molecular weight excluding hydrogens is 361 g/mol. The third-order valence-electron chi connectivity index (χ3n) is 4.90. The maximum Gasteiger partial charge on any atom is 0.237 e. The van der Waals surface area contributed by atoms with Crippen molar-refractivity contribution in [1.29, 1.82) is 0 Å². The average molecular weight is 385 g/mol. The van der Waals surface area contributed by atoms with E-state index in [0.717, 1.165) is 0 Å². The van der Waals surface area contributed by atoms with Crippen molar-refractivity contribution in [2.45, 2.75) is 20.4 Å². The Bertz CT molecular complexity index is 835. The van der Waals surface area contributed by atoms with Gasteiger partial charge in [-0.25, -0.2) is 14.4 Å². The molecule has 148 valence electrons. The minimum Gasteiger partial charge on any atom is -0.351 e. The van der Waals surface area contributed by atoms with Crippen molar-refractivity contribution in [3.8, 4) is 0 Å². The number of carbonyl (C=O) groups excluding carboxylic acids is 2. The van der Waals surface area contributed by atoms with Crippen molar-refractivity contribution in [1.82, 2.24) is 20.2 Å². The SMILES string of the molecule is CC(C)(C(=O)NCc1ccccc1F)C(=O)N1CCN(c2ncccn2)CC1. The normalized spacial score (nSPS) is 14.7. The van der Waals surface area contributed by atoms with Crippen molar-refractivity contribution in [3.05, 3.63) is 54.1 Å². The first-order valence-corrected chi connectivity index (χ1v) is 9.22. The molecule has 0 atom stereocenters. The minimum atomic E-state index is -1.24. The fourth-order valence-corrected chi connectivity index (χ4v) is 3.09. The van der Waals surface area contributed by atoms with Crippen LogP contribution in [0.15, 0.2) is 42.7 Å². The number of benzene rings is 1. The second-order valence-corrected chi connectivity index (χ2v) is 7.23. The highest BCUT2D eigenvalue weighted by atomic mass is 19.1. The highest BCUT2D eigenvalue weighted by Crippen LogP contribution is 2.22. The smallest absolute Gasteiger partial charge is 0.237 e. The lowest BCUT2D eigenvalue weighted by Gasteiger charge is -2.38. The number of aromatic nitrogens is 2. The second kappa shape index (κ2) is 8.33. The Kier molecular flexibility index (Phi) is 5.87. The minimum absolute atomic E-state index is 0.0430. The molecule has 1 aromatic heterocycles. The summed E-state index contributed by atoms with van der Waals surface area (Å²) in [6.45, 7) is 5.41. The molecule has 1 aromatic carbocycles. The van der Waals surface area contributed by atoms with Crippen molar-refractivity contribution >= 4 is 17.8 Å². The van der Waals surface area contributed by atoms with Gasteiger partial charge >= 0.3 is 0 Å². The van der Waals surface area contributed by atoms with Gasteiger partial charge in [0.1, 0.15) is 11.2 Å². The van der Waals surface area contributed by atoms with Crippen molar-refractivity contribution in [2.75, 3.05) is 31.1 Å². The number of nitrogens with zero attached hydrogens (tertiary/aromatic N) is 4. The predicted molar refractivity (Wildman–Crippen MR) is 103 cm³/mol. The van der Waals surface area contributed by atoms with Crippen LogP contribution in [0.5, 0.6) is 0 Å². The Morgan fingerprint density at radius 2 is 1.71 bits per heavy atom. The van der Waals surface area contributed by atoms with Crippen LogP contribution in [0.2, 0.25) is 0 Å². The summed E-state index contributed by atoms with van der Waals surface area (Å²) >= 11 is 0. The summed E-state index contributed by atoms with van der Waals surface area (Å²) < 4.78 is 13.7. The van der Waals surface area contributed by atoms with Gasteiger partial charge < -0.3 is 15.1 Å². The number of rotatable bonds is 5. The molecule has 0 aliphatic carbocycles. The van der Waals surface area contributed by atoms with E-state index < -0.39 is 11.3 Å². The molecule has 2 aromatic rings. The van der Waals surface area contributed by atoms with E-state index in [-0.39, 0.29) is 18.3 Å². The van der Waals surface area contributed by atoms with Gasteiger partial charge in [0.05, 0.1) is 0 Å². The van der Waals surface area contributed by atoms with Crippen LogP contribution >= 0.6 is 0 Å². The van der Waals surface area contributed by atoms with E-state index in [2.05, 4.69) is 15.3 Å². The van der Waals surface area contributed by atoms with Crippen LogP contribution < -0.4 is 10.2 Å². The molecule has 2 heterocycles. The van der Waals surface area contributed by atoms with Crippen molar-refractivity contribution in [2.24, 2.45) is 5.41 Å². The zero-order valence-electron chi connectivity index (χ0n) is 16.1. The Hall–Kier alpha value is -3.03. The van der Waals surface area contributed by atoms with Crippen molar-refractivity contribution < 1.29 is 14.0 Å². The van der Waals surface area contributed by atoms with Gasteiger partial charge in [0.25, 0.3) is 0 Å². The molecule has 1 saturated heterocycles. The summed E-state index contributed by atoms with van der Waals surface area (Å²) in [6.07, 6.45) is 3.37. The van der Waals surface area contributed by atoms with E-state index in [9.17, 15) is 14.0 Å². The van der Waals surface area contributed by atoms with Gasteiger partial charge in [-0.05, 0) is 26.0 Å². The molecule has 0 saturated carbocycles. The highest BCUT2D eigenvalue weighted by Gasteiger charge is 2.40. The van der Waals surface area contributed by atoms with E-state index in [0.29, 0.717) is 37.7 Å². The fraction of sp³-hybridized carbons (Fsp3) is 0.400. The quantitative estimate of drug-likeness (QED) is 0.791. The molecule has 2 amide bonds. The summed E-state index contributed by atoms with van der Waals surface area (Å²) in [6, 6.07) is 8.00. The lowest BCUT2D eigenvalue weighted by molar-refractivity contribution is -0.148. The molecular formula is C20H24FN5O2. The number of nitrogens with one attached hydrogen (secondary N) is 1. The first-order valence-electron chi connectivity index (χ1n) is 9.22. The number of anilines is 1. The molecule has 3 rings (SSSR count). The van der Waals surface area contributed by atoms with Gasteiger partial charge in [0.2, 0.25) is 17.8 Å². The largest absolute Gasteiger partial charge is 0.351 e. The number of hydrogen-bond acceptors (Lipinski definition) is 5. The van der Waals surface area contributed by atoms with Crippen LogP contribution in [0.4, 0.5) is 10.3 Å². The third kappa shape index (κ3) is 4.27. The Morgan fingerprint density at radius 1 is 1.07 bits per heavy atom. The summed E-state index contributed by atoms with van der Waals surface area (Å²) in [5.74, 6) is -0.413. The maximum absolute atomic E-state index is 13.7. The summed E-state index contributed by atoms with van der Waals surface area (Å²) in [5.41, 5.74) is -0.855. The number of hydrogen-bond donors (Lipinski definition) is 1. The third-order valence-corrected chi connectivity index (χ3v) is 4.90. The van der Waals surface area contributed by atoms with E-state index in [1.807, 2.05) is 4.90 Å². The Labute approximate surface area is 163 Å². The molecule has 1 aliphatic rings. The van der Waals surface area contributed by atoms with Crippen LogP contribution in [0, 0.1) is 11.2 Å². The van der Waals surface area contributed by atoms with Crippen LogP contribution in [-0.2, 0) is 16.1 Å². The summed E-state index contributed by atoms with van der Waals surface area (Å²) in [4.78, 5) is 37.7. The number of piperazine rings is 1. The van der Waals surface area contributed by atoms with Crippen LogP contribution in [0.25, 0.3) is 0 Å². The Morgan fingerprint density at radius 3 is 2.36 bits per heavy atom. The van der Waals surface area contributed by atoms with E-state index >= 15 is 0 Å². The van der Waals surface area contributed by atoms with E-state index in [1.165, 1.54) is 6.07 Å². The molecule has 0 radical (unpaired) electrons. The fourth-order valence-electron chi connectivity index (χ4n) is 3.09. The first-order chi connectivity index (χ1) is 13.4. The van der Waals surface area contributed by atoms with Gasteiger partial charge in [-0.3, -0.25) is 9.59 Å². The van der Waals surface area contributed by atoms with Crippen LogP contribution in [0.1, 0.15) is 19.4 Å². The number of halogens is 1. The second-order valence-electron chi connectivity index (χ2n) is 7.23. The molecule has 7 nitrogen and oxygen atoms in total. The molecule has 1 fully saturated rings. The molecule has 28 heavy (non-hydrogen) atoms. The molecule has 0 bridgehead atoms. The average Bonchev–Trinajstić information content (AvgIpc) is 2.73. The number of carbonyl (C=O) groups is 2. The molecule has 0 unspecified atom stereocenters. The predicted octanol–water partition coefficient (Wildman–Crippen LogP) is 1.61. The lowest BCUT2D eigenvalue weighted by Crippen LogP contribution is -2.55. The molecule has 1 aliphatic heterocycles. The van der Waals surface area contributed by atoms with Crippen LogP contribution in [-0.4, -0.2) is 52.9 Å². The topological polar surface area (TPSA) is 78.4 Å².